The monoisotopic (exact) mass is 413 g/mol. The van der Waals surface area contributed by atoms with E-state index in [-0.39, 0.29) is 24.2 Å². The number of halogens is 1. The molecule has 1 aromatic carbocycles. The van der Waals surface area contributed by atoms with Gasteiger partial charge in [-0.3, -0.25) is 4.90 Å². The Morgan fingerprint density at radius 2 is 2.04 bits per heavy atom. The molecule has 1 aliphatic rings. The summed E-state index contributed by atoms with van der Waals surface area (Å²) < 4.78 is 35.0. The van der Waals surface area contributed by atoms with Gasteiger partial charge in [0.2, 0.25) is 0 Å². The lowest BCUT2D eigenvalue weighted by Crippen LogP contribution is -2.42. The standard InChI is InChI=1S/C19H24ClNO5S/c1-14-2-5-19(26-14)11-21(16-8-9-27(23,24)13-16)10-17(22)12-25-18-6-3-15(20)4-7-18/h2-7,16-17,22H,8-13H2,1H3. The first-order valence-electron chi connectivity index (χ1n) is 8.87. The minimum Gasteiger partial charge on any atom is -0.491 e. The van der Waals surface area contributed by atoms with Gasteiger partial charge in [-0.1, -0.05) is 11.6 Å². The van der Waals surface area contributed by atoms with Crippen LogP contribution in [0.15, 0.2) is 40.8 Å². The van der Waals surface area contributed by atoms with Gasteiger partial charge in [-0.25, -0.2) is 8.42 Å². The van der Waals surface area contributed by atoms with Crippen molar-refractivity contribution >= 4 is 21.4 Å². The van der Waals surface area contributed by atoms with Crippen molar-refractivity contribution in [1.29, 1.82) is 0 Å². The Hall–Kier alpha value is -1.54. The van der Waals surface area contributed by atoms with Gasteiger partial charge in [0.1, 0.15) is 30.0 Å². The molecule has 1 N–H and O–H groups in total. The third kappa shape index (κ3) is 5.97. The van der Waals surface area contributed by atoms with Crippen LogP contribution in [0, 0.1) is 6.92 Å². The number of aryl methyl sites for hydroxylation is 1. The highest BCUT2D eigenvalue weighted by molar-refractivity contribution is 7.91. The first kappa shape index (κ1) is 20.2. The second-order valence-electron chi connectivity index (χ2n) is 6.92. The summed E-state index contributed by atoms with van der Waals surface area (Å²) in [5.41, 5.74) is 0. The molecular weight excluding hydrogens is 390 g/mol. The zero-order chi connectivity index (χ0) is 19.4. The van der Waals surface area contributed by atoms with E-state index in [1.807, 2.05) is 24.0 Å². The molecular formula is C19H24ClNO5S. The summed E-state index contributed by atoms with van der Waals surface area (Å²) in [5, 5.41) is 11.1. The van der Waals surface area contributed by atoms with E-state index >= 15 is 0 Å². The maximum atomic E-state index is 11.9. The molecule has 1 fully saturated rings. The molecule has 27 heavy (non-hydrogen) atoms. The van der Waals surface area contributed by atoms with Crippen LogP contribution in [0.5, 0.6) is 5.75 Å². The maximum Gasteiger partial charge on any atom is 0.151 e. The number of hydrogen-bond donors (Lipinski definition) is 1. The Morgan fingerprint density at radius 3 is 2.63 bits per heavy atom. The summed E-state index contributed by atoms with van der Waals surface area (Å²) >= 11 is 5.85. The predicted octanol–water partition coefficient (Wildman–Crippen LogP) is 2.67. The summed E-state index contributed by atoms with van der Waals surface area (Å²) in [6, 6.07) is 10.5. The number of furan rings is 1. The topological polar surface area (TPSA) is 80.0 Å². The normalized spacial score (nSPS) is 20.1. The lowest BCUT2D eigenvalue weighted by molar-refractivity contribution is 0.0496. The highest BCUT2D eigenvalue weighted by Crippen LogP contribution is 2.22. The Balaban J connectivity index is 1.61. The van der Waals surface area contributed by atoms with E-state index in [1.165, 1.54) is 0 Å². The fraction of sp³-hybridized carbons (Fsp3) is 0.474. The van der Waals surface area contributed by atoms with Crippen LogP contribution in [-0.4, -0.2) is 55.2 Å². The SMILES string of the molecule is Cc1ccc(CN(CC(O)COc2ccc(Cl)cc2)C2CCS(=O)(=O)C2)o1. The maximum absolute atomic E-state index is 11.9. The quantitative estimate of drug-likeness (QED) is 0.716. The second kappa shape index (κ2) is 8.65. The molecule has 2 unspecified atom stereocenters. The molecule has 2 heterocycles. The molecule has 0 amide bonds. The summed E-state index contributed by atoms with van der Waals surface area (Å²) in [4.78, 5) is 1.97. The van der Waals surface area contributed by atoms with Gasteiger partial charge in [-0.15, -0.1) is 0 Å². The molecule has 1 aromatic heterocycles. The van der Waals surface area contributed by atoms with Gasteiger partial charge in [0.25, 0.3) is 0 Å². The summed E-state index contributed by atoms with van der Waals surface area (Å²) in [7, 11) is -3.02. The summed E-state index contributed by atoms with van der Waals surface area (Å²) in [5.74, 6) is 2.47. The molecule has 8 heteroatoms. The first-order chi connectivity index (χ1) is 12.8. The highest BCUT2D eigenvalue weighted by atomic mass is 35.5. The van der Waals surface area contributed by atoms with Crippen LogP contribution in [-0.2, 0) is 16.4 Å². The molecule has 0 radical (unpaired) electrons. The van der Waals surface area contributed by atoms with E-state index < -0.39 is 15.9 Å². The Bertz CT molecular complexity index is 849. The van der Waals surface area contributed by atoms with Gasteiger partial charge in [0.05, 0.1) is 18.1 Å². The van der Waals surface area contributed by atoms with Crippen molar-refractivity contribution in [2.75, 3.05) is 24.7 Å². The van der Waals surface area contributed by atoms with Gasteiger partial charge < -0.3 is 14.3 Å². The predicted molar refractivity (Wildman–Crippen MR) is 104 cm³/mol. The van der Waals surface area contributed by atoms with Gasteiger partial charge in [0, 0.05) is 17.6 Å². The lowest BCUT2D eigenvalue weighted by atomic mass is 10.2. The molecule has 1 saturated heterocycles. The van der Waals surface area contributed by atoms with E-state index in [2.05, 4.69) is 0 Å². The van der Waals surface area contributed by atoms with Crippen molar-refractivity contribution in [3.8, 4) is 5.75 Å². The molecule has 0 aliphatic carbocycles. The van der Waals surface area contributed by atoms with E-state index in [9.17, 15) is 13.5 Å². The average Bonchev–Trinajstić information content (AvgIpc) is 3.18. The third-order valence-electron chi connectivity index (χ3n) is 4.58. The number of sulfone groups is 1. The van der Waals surface area contributed by atoms with Gasteiger partial charge >= 0.3 is 0 Å². The fourth-order valence-electron chi connectivity index (χ4n) is 3.22. The average molecular weight is 414 g/mol. The van der Waals surface area contributed by atoms with Crippen LogP contribution in [0.3, 0.4) is 0 Å². The van der Waals surface area contributed by atoms with Crippen molar-refractivity contribution in [3.63, 3.8) is 0 Å². The third-order valence-corrected chi connectivity index (χ3v) is 6.58. The van der Waals surface area contributed by atoms with Crippen LogP contribution in [0.1, 0.15) is 17.9 Å². The molecule has 2 atom stereocenters. The molecule has 3 rings (SSSR count). The van der Waals surface area contributed by atoms with Crippen LogP contribution in [0.25, 0.3) is 0 Å². The molecule has 1 aliphatic heterocycles. The molecule has 0 saturated carbocycles. The van der Waals surface area contributed by atoms with Crippen molar-refractivity contribution in [2.24, 2.45) is 0 Å². The summed E-state index contributed by atoms with van der Waals surface area (Å²) in [6.45, 7) is 2.72. The summed E-state index contributed by atoms with van der Waals surface area (Å²) in [6.07, 6.45) is -0.202. The van der Waals surface area contributed by atoms with E-state index in [0.29, 0.717) is 30.3 Å². The Morgan fingerprint density at radius 1 is 1.30 bits per heavy atom. The van der Waals surface area contributed by atoms with Crippen LogP contribution in [0.4, 0.5) is 0 Å². The minimum atomic E-state index is -3.02. The minimum absolute atomic E-state index is 0.106. The van der Waals surface area contributed by atoms with Crippen LogP contribution in [0.2, 0.25) is 5.02 Å². The molecule has 0 bridgehead atoms. The largest absolute Gasteiger partial charge is 0.491 e. The number of aliphatic hydroxyl groups excluding tert-OH is 1. The second-order valence-corrected chi connectivity index (χ2v) is 9.58. The zero-order valence-electron chi connectivity index (χ0n) is 15.2. The number of hydrogen-bond acceptors (Lipinski definition) is 6. The number of nitrogens with zero attached hydrogens (tertiary/aromatic N) is 1. The number of ether oxygens (including phenoxy) is 1. The molecule has 148 valence electrons. The molecule has 0 spiro atoms. The van der Waals surface area contributed by atoms with Gasteiger partial charge in [-0.05, 0) is 49.7 Å². The highest BCUT2D eigenvalue weighted by Gasteiger charge is 2.33. The molecule has 2 aromatic rings. The van der Waals surface area contributed by atoms with E-state index in [4.69, 9.17) is 20.8 Å². The van der Waals surface area contributed by atoms with Crippen molar-refractivity contribution in [2.45, 2.75) is 32.0 Å². The lowest BCUT2D eigenvalue weighted by Gasteiger charge is -2.29. The van der Waals surface area contributed by atoms with Gasteiger partial charge in [0.15, 0.2) is 9.84 Å². The van der Waals surface area contributed by atoms with Crippen molar-refractivity contribution < 1.29 is 22.7 Å². The smallest absolute Gasteiger partial charge is 0.151 e. The number of aliphatic hydroxyl groups is 1. The van der Waals surface area contributed by atoms with E-state index in [0.717, 1.165) is 11.5 Å². The van der Waals surface area contributed by atoms with Crippen molar-refractivity contribution in [1.82, 2.24) is 4.90 Å². The first-order valence-corrected chi connectivity index (χ1v) is 11.1. The number of rotatable bonds is 8. The van der Waals surface area contributed by atoms with Crippen LogP contribution < -0.4 is 4.74 Å². The van der Waals surface area contributed by atoms with E-state index in [1.54, 1.807) is 24.3 Å². The Kier molecular flexibility index (Phi) is 6.47. The zero-order valence-corrected chi connectivity index (χ0v) is 16.7. The van der Waals surface area contributed by atoms with Crippen LogP contribution >= 0.6 is 11.6 Å². The Labute approximate surface area is 164 Å². The fourth-order valence-corrected chi connectivity index (χ4v) is 5.11. The number of benzene rings is 1. The molecule has 6 nitrogen and oxygen atoms in total. The van der Waals surface area contributed by atoms with Gasteiger partial charge in [-0.2, -0.15) is 0 Å². The van der Waals surface area contributed by atoms with Crippen molar-refractivity contribution in [3.05, 3.63) is 52.9 Å².